The number of pyridine rings is 1. The first-order chi connectivity index (χ1) is 17.0. The van der Waals surface area contributed by atoms with E-state index in [1.807, 2.05) is 32.7 Å². The van der Waals surface area contributed by atoms with Gasteiger partial charge in [-0.3, -0.25) is 4.90 Å². The molecule has 0 bridgehead atoms. The van der Waals surface area contributed by atoms with Gasteiger partial charge >= 0.3 is 6.09 Å². The summed E-state index contributed by atoms with van der Waals surface area (Å²) in [6, 6.07) is 0.502. The number of likely N-dealkylation sites (N-methyl/N-ethyl adjacent to an activating group) is 1. The van der Waals surface area contributed by atoms with Gasteiger partial charge in [0.1, 0.15) is 16.9 Å². The van der Waals surface area contributed by atoms with Crippen molar-refractivity contribution in [1.29, 1.82) is 0 Å². The molecule has 0 unspecified atom stereocenters. The molecule has 0 N–H and O–H groups in total. The van der Waals surface area contributed by atoms with Crippen molar-refractivity contribution in [3.8, 4) is 0 Å². The molecular weight excluding hydrogens is 485 g/mol. The molecule has 3 aliphatic heterocycles. The van der Waals surface area contributed by atoms with Gasteiger partial charge in [-0.2, -0.15) is 4.98 Å². The third-order valence-electron chi connectivity index (χ3n) is 8.00. The molecule has 1 saturated carbocycles. The third-order valence-corrected chi connectivity index (χ3v) is 8.27. The SMILES string of the molecule is CN(c1nc(N2CC(N3CC4(CC4)C3)C2)nc2c(F)c(Cl)ncc12)[C@@H]1CCN(C(=O)OC(C)(C)C)C1. The van der Waals surface area contributed by atoms with Crippen molar-refractivity contribution in [3.63, 3.8) is 0 Å². The van der Waals surface area contributed by atoms with Gasteiger partial charge in [-0.15, -0.1) is 0 Å². The van der Waals surface area contributed by atoms with E-state index < -0.39 is 11.4 Å². The van der Waals surface area contributed by atoms with Crippen LogP contribution in [0.25, 0.3) is 10.9 Å². The lowest BCUT2D eigenvalue weighted by molar-refractivity contribution is 0.0238. The van der Waals surface area contributed by atoms with Crippen molar-refractivity contribution in [1.82, 2.24) is 24.8 Å². The first-order valence-corrected chi connectivity index (χ1v) is 13.1. The highest BCUT2D eigenvalue weighted by molar-refractivity contribution is 6.30. The maximum absolute atomic E-state index is 15.1. The van der Waals surface area contributed by atoms with Crippen molar-refractivity contribution >= 4 is 40.4 Å². The zero-order valence-electron chi connectivity index (χ0n) is 21.3. The molecule has 36 heavy (non-hydrogen) atoms. The summed E-state index contributed by atoms with van der Waals surface area (Å²) >= 11 is 6.02. The summed E-state index contributed by atoms with van der Waals surface area (Å²) in [6.07, 6.45) is 4.69. The molecule has 6 rings (SSSR count). The quantitative estimate of drug-likeness (QED) is 0.570. The lowest BCUT2D eigenvalue weighted by atomic mass is 9.92. The standard InChI is InChI=1S/C25H33ClFN7O2/c1-24(2,3)36-23(35)32-8-5-15(10-32)31(4)21-17-9-28-20(26)18(27)19(17)29-22(30-21)33-11-16(12-33)34-13-25(14-34)6-7-25/h9,15-16H,5-8,10-14H2,1-4H3/t15-/m1/s1. The van der Waals surface area contributed by atoms with E-state index in [1.165, 1.54) is 32.1 Å². The van der Waals surface area contributed by atoms with Crippen molar-refractivity contribution in [3.05, 3.63) is 17.2 Å². The van der Waals surface area contributed by atoms with Gasteiger partial charge in [0.15, 0.2) is 11.0 Å². The number of nitrogens with zero attached hydrogens (tertiary/aromatic N) is 7. The minimum Gasteiger partial charge on any atom is -0.444 e. The zero-order chi connectivity index (χ0) is 25.4. The molecule has 1 amide bonds. The van der Waals surface area contributed by atoms with Gasteiger partial charge < -0.3 is 19.4 Å². The highest BCUT2D eigenvalue weighted by Crippen LogP contribution is 2.54. The number of amides is 1. The fourth-order valence-electron chi connectivity index (χ4n) is 5.56. The second kappa shape index (κ2) is 8.28. The zero-order valence-corrected chi connectivity index (χ0v) is 22.1. The number of carbonyl (C=O) groups is 1. The summed E-state index contributed by atoms with van der Waals surface area (Å²) in [5, 5.41) is 0.309. The molecule has 2 aromatic heterocycles. The summed E-state index contributed by atoms with van der Waals surface area (Å²) in [5.41, 5.74) is 0.246. The summed E-state index contributed by atoms with van der Waals surface area (Å²) in [5.74, 6) is 0.466. The number of ether oxygens (including phenoxy) is 1. The van der Waals surface area contributed by atoms with Crippen molar-refractivity contribution in [2.75, 3.05) is 56.1 Å². The number of hydrogen-bond acceptors (Lipinski definition) is 8. The summed E-state index contributed by atoms with van der Waals surface area (Å²) in [7, 11) is 1.93. The molecule has 1 spiro atoms. The van der Waals surface area contributed by atoms with E-state index in [-0.39, 0.29) is 22.8 Å². The number of hydrogen-bond donors (Lipinski definition) is 0. The molecule has 0 radical (unpaired) electrons. The van der Waals surface area contributed by atoms with E-state index in [0.717, 1.165) is 19.5 Å². The van der Waals surface area contributed by atoms with E-state index in [9.17, 15) is 4.79 Å². The Labute approximate surface area is 215 Å². The fraction of sp³-hybridized carbons (Fsp3) is 0.680. The second-order valence-corrected chi connectivity index (χ2v) is 12.3. The molecule has 2 aromatic rings. The average molecular weight is 518 g/mol. The van der Waals surface area contributed by atoms with Crippen LogP contribution in [0.2, 0.25) is 5.15 Å². The molecule has 5 heterocycles. The van der Waals surface area contributed by atoms with Crippen LogP contribution in [-0.4, -0.2) is 94.8 Å². The number of anilines is 2. The van der Waals surface area contributed by atoms with Crippen LogP contribution in [0.3, 0.4) is 0 Å². The molecule has 4 aliphatic rings. The van der Waals surface area contributed by atoms with Crippen LogP contribution in [0.15, 0.2) is 6.20 Å². The molecule has 4 fully saturated rings. The highest BCUT2D eigenvalue weighted by Gasteiger charge is 2.55. The van der Waals surface area contributed by atoms with E-state index in [0.29, 0.717) is 41.7 Å². The van der Waals surface area contributed by atoms with Crippen molar-refractivity contribution < 1.29 is 13.9 Å². The molecule has 1 atom stereocenters. The average Bonchev–Trinajstić information content (AvgIpc) is 3.40. The summed E-state index contributed by atoms with van der Waals surface area (Å²) < 4.78 is 20.6. The lowest BCUT2D eigenvalue weighted by Crippen LogP contribution is -2.66. The largest absolute Gasteiger partial charge is 0.444 e. The van der Waals surface area contributed by atoms with Gasteiger partial charge in [0, 0.05) is 64.6 Å². The molecule has 194 valence electrons. The number of carbonyl (C=O) groups excluding carboxylic acids is 1. The third kappa shape index (κ3) is 4.22. The molecular formula is C25H33ClFN7O2. The normalized spacial score (nSPS) is 23.7. The molecule has 3 saturated heterocycles. The van der Waals surface area contributed by atoms with Gasteiger partial charge in [0.25, 0.3) is 0 Å². The Hall–Kier alpha value is -2.46. The molecule has 9 nitrogen and oxygen atoms in total. The Kier molecular flexibility index (Phi) is 5.50. The van der Waals surface area contributed by atoms with E-state index in [1.54, 1.807) is 4.90 Å². The molecule has 1 aliphatic carbocycles. The minimum atomic E-state index is -0.634. The number of rotatable bonds is 4. The van der Waals surface area contributed by atoms with Crippen LogP contribution in [0.4, 0.5) is 21.0 Å². The number of likely N-dealkylation sites (tertiary alicyclic amines) is 2. The minimum absolute atomic E-state index is 0.00201. The van der Waals surface area contributed by atoms with Crippen LogP contribution in [0.1, 0.15) is 40.0 Å². The smallest absolute Gasteiger partial charge is 0.410 e. The predicted octanol–water partition coefficient (Wildman–Crippen LogP) is 3.55. The van der Waals surface area contributed by atoms with Crippen molar-refractivity contribution in [2.24, 2.45) is 5.41 Å². The summed E-state index contributed by atoms with van der Waals surface area (Å²) in [4.78, 5) is 34.4. The molecule has 0 aromatic carbocycles. The maximum atomic E-state index is 15.1. The van der Waals surface area contributed by atoms with Gasteiger partial charge in [0.2, 0.25) is 5.95 Å². The first kappa shape index (κ1) is 23.9. The van der Waals surface area contributed by atoms with E-state index in [2.05, 4.69) is 19.8 Å². The highest BCUT2D eigenvalue weighted by atomic mass is 35.5. The Bertz CT molecular complexity index is 1200. The Morgan fingerprint density at radius 1 is 1.22 bits per heavy atom. The Morgan fingerprint density at radius 3 is 2.61 bits per heavy atom. The second-order valence-electron chi connectivity index (χ2n) is 11.9. The topological polar surface area (TPSA) is 77.9 Å². The van der Waals surface area contributed by atoms with Crippen LogP contribution < -0.4 is 9.80 Å². The van der Waals surface area contributed by atoms with Gasteiger partial charge in [-0.25, -0.2) is 19.2 Å². The fourth-order valence-corrected chi connectivity index (χ4v) is 5.70. The van der Waals surface area contributed by atoms with Crippen molar-refractivity contribution in [2.45, 2.75) is 57.7 Å². The van der Waals surface area contributed by atoms with Crippen LogP contribution in [0.5, 0.6) is 0 Å². The van der Waals surface area contributed by atoms with Crippen LogP contribution in [0, 0.1) is 11.2 Å². The predicted molar refractivity (Wildman–Crippen MR) is 136 cm³/mol. The number of aromatic nitrogens is 3. The Morgan fingerprint density at radius 2 is 1.94 bits per heavy atom. The first-order valence-electron chi connectivity index (χ1n) is 12.7. The van der Waals surface area contributed by atoms with Gasteiger partial charge in [-0.05, 0) is 45.4 Å². The lowest BCUT2D eigenvalue weighted by Gasteiger charge is -2.52. The number of fused-ring (bicyclic) bond motifs is 1. The van der Waals surface area contributed by atoms with Gasteiger partial charge in [0.05, 0.1) is 5.39 Å². The maximum Gasteiger partial charge on any atom is 0.410 e. The Balaban J connectivity index is 1.23. The van der Waals surface area contributed by atoms with E-state index in [4.69, 9.17) is 21.3 Å². The summed E-state index contributed by atoms with van der Waals surface area (Å²) in [6.45, 7) is 10.7. The van der Waals surface area contributed by atoms with Gasteiger partial charge in [-0.1, -0.05) is 11.6 Å². The van der Waals surface area contributed by atoms with E-state index >= 15 is 4.39 Å². The number of halogens is 2. The molecule has 11 heteroatoms. The van der Waals surface area contributed by atoms with Crippen LogP contribution in [-0.2, 0) is 4.74 Å². The van der Waals surface area contributed by atoms with Crippen LogP contribution >= 0.6 is 11.6 Å². The monoisotopic (exact) mass is 517 g/mol.